The zero-order valence-electron chi connectivity index (χ0n) is 9.87. The average Bonchev–Trinajstić information content (AvgIpc) is 2.81. The molecule has 1 atom stereocenters. The minimum Gasteiger partial charge on any atom is -0.303 e. The monoisotopic (exact) mass is 294 g/mol. The third-order valence-corrected chi connectivity index (χ3v) is 3.39. The molecule has 0 saturated carbocycles. The lowest BCUT2D eigenvalue weighted by atomic mass is 10.1. The van der Waals surface area contributed by atoms with E-state index in [-0.39, 0.29) is 6.04 Å². The Bertz CT molecular complexity index is 481. The number of rotatable bonds is 4. The first-order chi connectivity index (χ1) is 8.16. The molecule has 1 aromatic carbocycles. The Morgan fingerprint density at radius 3 is 2.94 bits per heavy atom. The van der Waals surface area contributed by atoms with Crippen LogP contribution < -0.4 is 5.32 Å². The van der Waals surface area contributed by atoms with Crippen molar-refractivity contribution in [2.24, 2.45) is 0 Å². The van der Waals surface area contributed by atoms with E-state index < -0.39 is 0 Å². The molecule has 2 N–H and O–H groups in total. The number of nitrogens with one attached hydrogen (secondary N) is 2. The molecular weight excluding hydrogens is 280 g/mol. The summed E-state index contributed by atoms with van der Waals surface area (Å²) in [6.07, 6.45) is 1.52. The molecule has 2 rings (SSSR count). The van der Waals surface area contributed by atoms with Crippen LogP contribution in [0.3, 0.4) is 0 Å². The first-order valence-corrected chi connectivity index (χ1v) is 6.30. The molecule has 1 heterocycles. The van der Waals surface area contributed by atoms with Gasteiger partial charge < -0.3 is 5.32 Å². The first-order valence-electron chi connectivity index (χ1n) is 5.50. The molecule has 0 aliphatic heterocycles. The number of benzene rings is 1. The first kappa shape index (κ1) is 12.3. The fourth-order valence-corrected chi connectivity index (χ4v) is 2.21. The predicted octanol–water partition coefficient (Wildman–Crippen LogP) is 2.73. The zero-order valence-corrected chi connectivity index (χ0v) is 11.5. The van der Waals surface area contributed by atoms with Gasteiger partial charge >= 0.3 is 0 Å². The molecule has 0 bridgehead atoms. The normalized spacial score (nSPS) is 12.6. The quantitative estimate of drug-likeness (QED) is 0.912. The van der Waals surface area contributed by atoms with Gasteiger partial charge in [0.15, 0.2) is 0 Å². The Morgan fingerprint density at radius 1 is 1.47 bits per heavy atom. The van der Waals surface area contributed by atoms with E-state index in [9.17, 15) is 0 Å². The van der Waals surface area contributed by atoms with E-state index in [1.807, 2.05) is 0 Å². The van der Waals surface area contributed by atoms with E-state index in [2.05, 4.69) is 68.5 Å². The summed E-state index contributed by atoms with van der Waals surface area (Å²) in [5, 5.41) is 10.1. The second kappa shape index (κ2) is 5.42. The smallest absolute Gasteiger partial charge is 0.141 e. The highest BCUT2D eigenvalue weighted by molar-refractivity contribution is 9.10. The van der Waals surface area contributed by atoms with Gasteiger partial charge in [-0.1, -0.05) is 28.1 Å². The third-order valence-electron chi connectivity index (χ3n) is 2.65. The zero-order chi connectivity index (χ0) is 12.3. The summed E-state index contributed by atoms with van der Waals surface area (Å²) in [7, 11) is 0. The standard InChI is InChI=1S/C12H15BrN4/c1-8-3-4-10(11(13)5-8)6-14-9(2)12-15-7-16-17-12/h3-5,7,9,14H,6H2,1-2H3,(H,15,16,17). The van der Waals surface area contributed by atoms with Gasteiger partial charge in [0.2, 0.25) is 0 Å². The molecule has 0 aliphatic rings. The number of hydrogen-bond acceptors (Lipinski definition) is 3. The number of halogens is 1. The summed E-state index contributed by atoms with van der Waals surface area (Å²) in [5.41, 5.74) is 2.49. The molecule has 90 valence electrons. The number of aromatic nitrogens is 3. The Labute approximate surface area is 109 Å². The van der Waals surface area contributed by atoms with E-state index in [4.69, 9.17) is 0 Å². The van der Waals surface area contributed by atoms with Crippen molar-refractivity contribution in [1.29, 1.82) is 0 Å². The molecule has 17 heavy (non-hydrogen) atoms. The molecule has 4 nitrogen and oxygen atoms in total. The molecule has 0 fully saturated rings. The fourth-order valence-electron chi connectivity index (χ4n) is 1.58. The summed E-state index contributed by atoms with van der Waals surface area (Å²) in [6.45, 7) is 4.93. The van der Waals surface area contributed by atoms with Crippen LogP contribution in [-0.2, 0) is 6.54 Å². The van der Waals surface area contributed by atoms with Crippen molar-refractivity contribution in [3.8, 4) is 0 Å². The maximum Gasteiger partial charge on any atom is 0.141 e. The van der Waals surface area contributed by atoms with E-state index >= 15 is 0 Å². The number of aryl methyl sites for hydroxylation is 1. The van der Waals surface area contributed by atoms with Crippen molar-refractivity contribution in [1.82, 2.24) is 20.5 Å². The largest absolute Gasteiger partial charge is 0.303 e. The van der Waals surface area contributed by atoms with E-state index in [0.717, 1.165) is 16.8 Å². The van der Waals surface area contributed by atoms with Crippen LogP contribution in [0.15, 0.2) is 29.0 Å². The predicted molar refractivity (Wildman–Crippen MR) is 70.5 cm³/mol. The van der Waals surface area contributed by atoms with Crippen molar-refractivity contribution < 1.29 is 0 Å². The Hall–Kier alpha value is -1.20. The van der Waals surface area contributed by atoms with Crippen molar-refractivity contribution in [3.05, 3.63) is 46.0 Å². The van der Waals surface area contributed by atoms with Crippen LogP contribution in [0.4, 0.5) is 0 Å². The van der Waals surface area contributed by atoms with Crippen LogP contribution >= 0.6 is 15.9 Å². The minimum atomic E-state index is 0.158. The SMILES string of the molecule is Cc1ccc(CNC(C)c2ncn[nH]2)c(Br)c1. The lowest BCUT2D eigenvalue weighted by Gasteiger charge is -2.12. The molecule has 1 unspecified atom stereocenters. The molecule has 0 aliphatic carbocycles. The van der Waals surface area contributed by atoms with E-state index in [0.29, 0.717) is 0 Å². The summed E-state index contributed by atoms with van der Waals surface area (Å²) in [4.78, 5) is 4.12. The van der Waals surface area contributed by atoms with E-state index in [1.54, 1.807) is 0 Å². The van der Waals surface area contributed by atoms with Gasteiger partial charge in [0, 0.05) is 11.0 Å². The molecule has 5 heteroatoms. The molecular formula is C12H15BrN4. The molecule has 0 amide bonds. The second-order valence-electron chi connectivity index (χ2n) is 4.07. The highest BCUT2D eigenvalue weighted by Gasteiger charge is 2.08. The van der Waals surface area contributed by atoms with Crippen molar-refractivity contribution in [3.63, 3.8) is 0 Å². The van der Waals surface area contributed by atoms with E-state index in [1.165, 1.54) is 17.5 Å². The van der Waals surface area contributed by atoms with Crippen LogP contribution in [0, 0.1) is 6.92 Å². The molecule has 2 aromatic rings. The number of H-pyrrole nitrogens is 1. The van der Waals surface area contributed by atoms with Crippen LogP contribution in [0.5, 0.6) is 0 Å². The third kappa shape index (κ3) is 3.14. The van der Waals surface area contributed by atoms with Crippen molar-refractivity contribution in [2.75, 3.05) is 0 Å². The molecule has 0 saturated heterocycles. The number of aromatic amines is 1. The van der Waals surface area contributed by atoms with Crippen LogP contribution in [-0.4, -0.2) is 15.2 Å². The maximum atomic E-state index is 4.12. The lowest BCUT2D eigenvalue weighted by Crippen LogP contribution is -2.19. The highest BCUT2D eigenvalue weighted by atomic mass is 79.9. The van der Waals surface area contributed by atoms with Crippen LogP contribution in [0.1, 0.15) is 29.9 Å². The summed E-state index contributed by atoms with van der Waals surface area (Å²) in [6, 6.07) is 6.52. The summed E-state index contributed by atoms with van der Waals surface area (Å²) in [5.74, 6) is 0.855. The average molecular weight is 295 g/mol. The van der Waals surface area contributed by atoms with Gasteiger partial charge in [0.25, 0.3) is 0 Å². The van der Waals surface area contributed by atoms with Gasteiger partial charge in [-0.25, -0.2) is 4.98 Å². The van der Waals surface area contributed by atoms with Crippen LogP contribution in [0.2, 0.25) is 0 Å². The molecule has 1 aromatic heterocycles. The highest BCUT2D eigenvalue weighted by Crippen LogP contribution is 2.19. The van der Waals surface area contributed by atoms with Gasteiger partial charge in [-0.2, -0.15) is 5.10 Å². The van der Waals surface area contributed by atoms with Gasteiger partial charge in [0.1, 0.15) is 12.2 Å². The van der Waals surface area contributed by atoms with Gasteiger partial charge in [-0.15, -0.1) is 0 Å². The van der Waals surface area contributed by atoms with Gasteiger partial charge in [0.05, 0.1) is 6.04 Å². The van der Waals surface area contributed by atoms with Gasteiger partial charge in [-0.05, 0) is 31.0 Å². The Balaban J connectivity index is 1.98. The number of nitrogens with zero attached hydrogens (tertiary/aromatic N) is 2. The summed E-state index contributed by atoms with van der Waals surface area (Å²) >= 11 is 3.57. The molecule has 0 spiro atoms. The van der Waals surface area contributed by atoms with Gasteiger partial charge in [-0.3, -0.25) is 5.10 Å². The second-order valence-corrected chi connectivity index (χ2v) is 4.92. The topological polar surface area (TPSA) is 53.6 Å². The lowest BCUT2D eigenvalue weighted by molar-refractivity contribution is 0.547. The molecule has 0 radical (unpaired) electrons. The van der Waals surface area contributed by atoms with Crippen molar-refractivity contribution in [2.45, 2.75) is 26.4 Å². The Kier molecular flexibility index (Phi) is 3.91. The van der Waals surface area contributed by atoms with Crippen LogP contribution in [0.25, 0.3) is 0 Å². The van der Waals surface area contributed by atoms with Crippen molar-refractivity contribution >= 4 is 15.9 Å². The Morgan fingerprint density at radius 2 is 2.29 bits per heavy atom. The summed E-state index contributed by atoms with van der Waals surface area (Å²) < 4.78 is 1.13. The fraction of sp³-hybridized carbons (Fsp3) is 0.333. The maximum absolute atomic E-state index is 4.12. The minimum absolute atomic E-state index is 0.158. The number of hydrogen-bond donors (Lipinski definition) is 2.